The van der Waals surface area contributed by atoms with E-state index in [0.29, 0.717) is 24.5 Å². The highest BCUT2D eigenvalue weighted by Crippen LogP contribution is 2.21. The van der Waals surface area contributed by atoms with E-state index in [4.69, 9.17) is 0 Å². The molecule has 0 bridgehead atoms. The molecule has 140 valence electrons. The number of benzene rings is 1. The van der Waals surface area contributed by atoms with Gasteiger partial charge in [-0.25, -0.2) is 8.42 Å². The van der Waals surface area contributed by atoms with Gasteiger partial charge in [-0.1, -0.05) is 18.6 Å². The molecule has 1 aromatic carbocycles. The zero-order valence-electron chi connectivity index (χ0n) is 14.2. The molecule has 2 N–H and O–H groups in total. The lowest BCUT2D eigenvalue weighted by Crippen LogP contribution is -2.35. The van der Waals surface area contributed by atoms with Gasteiger partial charge in [0.2, 0.25) is 15.9 Å². The van der Waals surface area contributed by atoms with Crippen molar-refractivity contribution >= 4 is 28.3 Å². The number of sulfonamides is 1. The Morgan fingerprint density at radius 2 is 2.00 bits per heavy atom. The van der Waals surface area contributed by atoms with Gasteiger partial charge in [0.05, 0.1) is 10.8 Å². The summed E-state index contributed by atoms with van der Waals surface area (Å²) >= 11 is 0. The van der Waals surface area contributed by atoms with Crippen molar-refractivity contribution in [3.63, 3.8) is 0 Å². The van der Waals surface area contributed by atoms with E-state index in [2.05, 4.69) is 10.6 Å². The molecule has 1 amide bonds. The first-order valence-electron chi connectivity index (χ1n) is 8.65. The number of carbonyl (C=O) groups excluding carboxylic acids is 1. The fraction of sp³-hybridized carbons (Fsp3) is 0.588. The van der Waals surface area contributed by atoms with E-state index in [-0.39, 0.29) is 24.2 Å². The highest BCUT2D eigenvalue weighted by Gasteiger charge is 2.26. The predicted octanol–water partition coefficient (Wildman–Crippen LogP) is 1.51. The van der Waals surface area contributed by atoms with Gasteiger partial charge in [-0.2, -0.15) is 4.31 Å². The summed E-state index contributed by atoms with van der Waals surface area (Å²) < 4.78 is 27.0. The standard InChI is InChI=1S/C17H25N3O3S.ClH/c21-17(15-7-8-18-13-15)19-12-14-5-4-6-16(11-14)24(22,23)20-9-2-1-3-10-20;/h4-6,11,15,18H,1-3,7-10,12-13H2,(H,19,21);1H. The molecule has 2 saturated heterocycles. The summed E-state index contributed by atoms with van der Waals surface area (Å²) in [5, 5.41) is 6.08. The van der Waals surface area contributed by atoms with Crippen LogP contribution in [0.15, 0.2) is 29.2 Å². The van der Waals surface area contributed by atoms with Gasteiger partial charge in [-0.3, -0.25) is 4.79 Å². The van der Waals surface area contributed by atoms with Crippen molar-refractivity contribution in [2.45, 2.75) is 37.1 Å². The van der Waals surface area contributed by atoms with Crippen molar-refractivity contribution in [3.05, 3.63) is 29.8 Å². The molecule has 0 saturated carbocycles. The second-order valence-electron chi connectivity index (χ2n) is 6.52. The first kappa shape index (κ1) is 20.2. The highest BCUT2D eigenvalue weighted by molar-refractivity contribution is 7.89. The second-order valence-corrected chi connectivity index (χ2v) is 8.46. The van der Waals surface area contributed by atoms with Crippen LogP contribution in [0, 0.1) is 5.92 Å². The summed E-state index contributed by atoms with van der Waals surface area (Å²) in [4.78, 5) is 12.4. The Morgan fingerprint density at radius 1 is 1.24 bits per heavy atom. The topological polar surface area (TPSA) is 78.5 Å². The van der Waals surface area contributed by atoms with E-state index in [1.807, 2.05) is 6.07 Å². The van der Waals surface area contributed by atoms with Crippen molar-refractivity contribution in [1.82, 2.24) is 14.9 Å². The summed E-state index contributed by atoms with van der Waals surface area (Å²) in [6.45, 7) is 3.14. The fourth-order valence-corrected chi connectivity index (χ4v) is 4.87. The van der Waals surface area contributed by atoms with Crippen molar-refractivity contribution in [1.29, 1.82) is 0 Å². The lowest BCUT2D eigenvalue weighted by Gasteiger charge is -2.26. The number of nitrogens with zero attached hydrogens (tertiary/aromatic N) is 1. The largest absolute Gasteiger partial charge is 0.352 e. The third-order valence-corrected chi connectivity index (χ3v) is 6.64. The van der Waals surface area contributed by atoms with Gasteiger partial charge in [0.25, 0.3) is 0 Å². The van der Waals surface area contributed by atoms with Crippen LogP contribution in [0.5, 0.6) is 0 Å². The number of rotatable bonds is 5. The number of hydrogen-bond donors (Lipinski definition) is 2. The zero-order chi connectivity index (χ0) is 17.0. The Hall–Kier alpha value is -1.15. The molecule has 3 rings (SSSR count). The molecule has 1 aromatic rings. The van der Waals surface area contributed by atoms with Gasteiger partial charge < -0.3 is 10.6 Å². The van der Waals surface area contributed by atoms with Gasteiger partial charge in [0.1, 0.15) is 0 Å². The first-order valence-corrected chi connectivity index (χ1v) is 10.1. The van der Waals surface area contributed by atoms with Crippen molar-refractivity contribution < 1.29 is 13.2 Å². The minimum Gasteiger partial charge on any atom is -0.352 e. The Labute approximate surface area is 155 Å². The average Bonchev–Trinajstić information content (AvgIpc) is 3.15. The molecule has 0 aliphatic carbocycles. The van der Waals surface area contributed by atoms with E-state index in [0.717, 1.165) is 44.3 Å². The fourth-order valence-electron chi connectivity index (χ4n) is 3.28. The summed E-state index contributed by atoms with van der Waals surface area (Å²) in [5.41, 5.74) is 0.812. The van der Waals surface area contributed by atoms with Crippen molar-refractivity contribution in [3.8, 4) is 0 Å². The maximum Gasteiger partial charge on any atom is 0.243 e. The van der Waals surface area contributed by atoms with Crippen LogP contribution >= 0.6 is 12.4 Å². The maximum atomic E-state index is 12.7. The van der Waals surface area contributed by atoms with E-state index in [1.54, 1.807) is 22.5 Å². The smallest absolute Gasteiger partial charge is 0.243 e. The van der Waals surface area contributed by atoms with Crippen molar-refractivity contribution in [2.75, 3.05) is 26.2 Å². The number of halogens is 1. The summed E-state index contributed by atoms with van der Waals surface area (Å²) in [5.74, 6) is 0.0505. The van der Waals surface area contributed by atoms with Crippen LogP contribution in [0.4, 0.5) is 0 Å². The van der Waals surface area contributed by atoms with E-state index < -0.39 is 10.0 Å². The monoisotopic (exact) mass is 387 g/mol. The molecule has 0 spiro atoms. The van der Waals surface area contributed by atoms with E-state index in [9.17, 15) is 13.2 Å². The zero-order valence-corrected chi connectivity index (χ0v) is 15.9. The molecule has 2 aliphatic heterocycles. The van der Waals surface area contributed by atoms with Crippen LogP contribution in [0.3, 0.4) is 0 Å². The molecule has 0 aromatic heterocycles. The summed E-state index contributed by atoms with van der Waals surface area (Å²) in [6, 6.07) is 6.91. The molecule has 2 aliphatic rings. The molecule has 6 nitrogen and oxygen atoms in total. The van der Waals surface area contributed by atoms with Gasteiger partial charge in [0, 0.05) is 26.2 Å². The quantitative estimate of drug-likeness (QED) is 0.802. The Kier molecular flexibility index (Phi) is 7.25. The molecule has 25 heavy (non-hydrogen) atoms. The van der Waals surface area contributed by atoms with Crippen LogP contribution in [0.1, 0.15) is 31.2 Å². The van der Waals surface area contributed by atoms with Crippen LogP contribution < -0.4 is 10.6 Å². The molecule has 2 heterocycles. The third-order valence-electron chi connectivity index (χ3n) is 4.75. The number of amides is 1. The van der Waals surface area contributed by atoms with Gasteiger partial charge >= 0.3 is 0 Å². The van der Waals surface area contributed by atoms with Crippen molar-refractivity contribution in [2.24, 2.45) is 5.92 Å². The normalized spacial score (nSPS) is 21.5. The number of carbonyl (C=O) groups is 1. The lowest BCUT2D eigenvalue weighted by molar-refractivity contribution is -0.124. The number of hydrogen-bond acceptors (Lipinski definition) is 4. The lowest BCUT2D eigenvalue weighted by atomic mass is 10.1. The molecule has 2 fully saturated rings. The van der Waals surface area contributed by atoms with Gasteiger partial charge in [0.15, 0.2) is 0 Å². The molecule has 8 heteroatoms. The molecular formula is C17H26ClN3O3S. The molecule has 1 unspecified atom stereocenters. The molecule has 0 radical (unpaired) electrons. The Bertz CT molecular complexity index is 684. The van der Waals surface area contributed by atoms with E-state index >= 15 is 0 Å². The van der Waals surface area contributed by atoms with Gasteiger partial charge in [-0.15, -0.1) is 12.4 Å². The summed E-state index contributed by atoms with van der Waals surface area (Å²) in [7, 11) is -3.43. The van der Waals surface area contributed by atoms with Crippen LogP contribution in [0.2, 0.25) is 0 Å². The highest BCUT2D eigenvalue weighted by atomic mass is 35.5. The first-order chi connectivity index (χ1) is 11.6. The number of nitrogens with one attached hydrogen (secondary N) is 2. The minimum atomic E-state index is -3.43. The maximum absolute atomic E-state index is 12.7. The number of piperidine rings is 1. The minimum absolute atomic E-state index is 0. The Morgan fingerprint density at radius 3 is 2.68 bits per heavy atom. The van der Waals surface area contributed by atoms with Crippen LogP contribution in [-0.2, 0) is 21.4 Å². The SMILES string of the molecule is Cl.O=C(NCc1cccc(S(=O)(=O)N2CCCCC2)c1)C1CCNC1. The van der Waals surface area contributed by atoms with Crippen LogP contribution in [0.25, 0.3) is 0 Å². The second kappa shape index (κ2) is 8.98. The molecular weight excluding hydrogens is 362 g/mol. The molecule has 1 atom stereocenters. The predicted molar refractivity (Wildman–Crippen MR) is 99.1 cm³/mol. The van der Waals surface area contributed by atoms with E-state index in [1.165, 1.54) is 0 Å². The van der Waals surface area contributed by atoms with Gasteiger partial charge in [-0.05, 0) is 43.5 Å². The van der Waals surface area contributed by atoms with Crippen LogP contribution in [-0.4, -0.2) is 44.8 Å². The summed E-state index contributed by atoms with van der Waals surface area (Å²) in [6.07, 6.45) is 3.79. The Balaban J connectivity index is 0.00000225. The average molecular weight is 388 g/mol. The third kappa shape index (κ3) is 4.94.